The monoisotopic (exact) mass is 1310 g/mol. The van der Waals surface area contributed by atoms with E-state index in [1.807, 2.05) is 48.5 Å². The van der Waals surface area contributed by atoms with Crippen molar-refractivity contribution in [3.63, 3.8) is 0 Å². The smallest absolute Gasteiger partial charge is 0.407 e. The maximum absolute atomic E-state index is 15.0. The number of carboxylic acids is 2. The van der Waals surface area contributed by atoms with Crippen LogP contribution in [0.4, 0.5) is 4.79 Å². The van der Waals surface area contributed by atoms with E-state index in [0.29, 0.717) is 6.42 Å². The number of hydrogen-bond donors (Lipinski definition) is 12. The molecular weight excluding hydrogens is 1230 g/mol. The first kappa shape index (κ1) is 73.2. The van der Waals surface area contributed by atoms with E-state index in [9.17, 15) is 86.9 Å². The molecule has 1 aliphatic carbocycles. The minimum Gasteiger partial charge on any atom is -0.481 e. The Balaban J connectivity index is 1.35. The second-order valence-corrected chi connectivity index (χ2v) is 24.2. The van der Waals surface area contributed by atoms with Crippen LogP contribution < -0.4 is 54.0 Å². The molecule has 3 aliphatic heterocycles. The van der Waals surface area contributed by atoms with Crippen molar-refractivity contribution in [1.82, 2.24) is 52.3 Å². The molecule has 0 saturated carbocycles. The molecule has 4 aliphatic rings. The number of benzene rings is 2. The number of ketones is 2. The Kier molecular flexibility index (Phi) is 26.2. The lowest BCUT2D eigenvalue weighted by Gasteiger charge is -2.39. The number of hydrogen-bond acceptors (Lipinski definition) is 19. The molecule has 4 unspecified atom stereocenters. The molecule has 0 spiro atoms. The summed E-state index contributed by atoms with van der Waals surface area (Å²) >= 11 is 0. The summed E-state index contributed by atoms with van der Waals surface area (Å²) in [6.45, 7) is 3.78. The molecule has 6 rings (SSSR count). The molecule has 510 valence electrons. The quantitative estimate of drug-likeness (QED) is 0.0764. The number of Topliss-reactive ketones (excluding diaryl/α,β-unsaturated/α-hetero) is 2. The van der Waals surface area contributed by atoms with Crippen LogP contribution in [0.2, 0.25) is 0 Å². The molecule has 94 heavy (non-hydrogen) atoms. The Labute approximate surface area is 540 Å². The van der Waals surface area contributed by atoms with Crippen LogP contribution in [0.25, 0.3) is 11.1 Å². The third-order valence-corrected chi connectivity index (χ3v) is 17.1. The van der Waals surface area contributed by atoms with E-state index in [2.05, 4.69) is 42.5 Å². The molecule has 11 amide bonds. The van der Waals surface area contributed by atoms with E-state index in [1.54, 1.807) is 13.8 Å². The lowest BCUT2D eigenvalue weighted by molar-refractivity contribution is -0.150. The third kappa shape index (κ3) is 19.1. The summed E-state index contributed by atoms with van der Waals surface area (Å²) in [4.78, 5) is 220. The van der Waals surface area contributed by atoms with Gasteiger partial charge in [-0.1, -0.05) is 69.3 Å². The van der Waals surface area contributed by atoms with Crippen LogP contribution in [0.5, 0.6) is 0 Å². The maximum Gasteiger partial charge on any atom is 0.407 e. The Morgan fingerprint density at radius 1 is 0.691 bits per heavy atom. The number of alkyl carbamates (subject to hydrolysis) is 1. The SMILES string of the molecule is CC(C(=O)O)[C@@H]1CC(=O)[C@H]2CCCCN2C(=O)C(NC(=O)[C@@H](N)CC(N)=O)[C@@H](C)NC(=O)[C@@H]2CCCN2C(=O)[C@H](C(C)C)NC(=O)[C@@H](C(C)NC(=O)OCC2c3ccccc3-c3ccccc32)CC(=O)CNC(=O)C(COC=O)NC(=O)CNC(=O)[C@H](CC(=O)O)NC1=O. The molecule has 12 atom stereocenters. The highest BCUT2D eigenvalue weighted by molar-refractivity contribution is 6.00. The lowest BCUT2D eigenvalue weighted by Crippen LogP contribution is -2.64. The highest BCUT2D eigenvalue weighted by Gasteiger charge is 2.45. The fraction of sp³-hybridized carbons (Fsp3) is 0.548. The predicted molar refractivity (Wildman–Crippen MR) is 327 cm³/mol. The number of nitrogens with two attached hydrogens (primary N) is 2. The normalized spacial score (nSPS) is 25.3. The van der Waals surface area contributed by atoms with Gasteiger partial charge in [0.15, 0.2) is 11.6 Å². The molecule has 0 bridgehead atoms. The van der Waals surface area contributed by atoms with Gasteiger partial charge >= 0.3 is 18.0 Å². The predicted octanol–water partition coefficient (Wildman–Crippen LogP) is -2.65. The van der Waals surface area contributed by atoms with Crippen LogP contribution >= 0.6 is 0 Å². The van der Waals surface area contributed by atoms with E-state index in [-0.39, 0.29) is 57.8 Å². The van der Waals surface area contributed by atoms with Gasteiger partial charge in [0.2, 0.25) is 59.1 Å². The van der Waals surface area contributed by atoms with Gasteiger partial charge in [0, 0.05) is 37.9 Å². The zero-order valence-corrected chi connectivity index (χ0v) is 52.7. The molecule has 3 fully saturated rings. The Morgan fingerprint density at radius 3 is 1.90 bits per heavy atom. The number of rotatable bonds is 16. The standard InChI is InChI=1S/C62H82N12O20/c1-30(2)51-59(88)74-20-12-18-46(74)58(87)67-33(5)52(72-55(84)42(63)23-48(64)78)60(89)73-19-11-10-17-45(73)47(77)22-39(31(3)61(90)91)53(82)70-43(24-50(80)81)56(85)66-26-49(79)69-44(28-93-29-75)57(86)65-25-34(76)21-40(54(83)71-51)32(4)68-62(92)94-27-41-37-15-8-6-13-35(37)36-14-7-9-16-38(36)41/h6-9,13-16,29-33,39-46,51-52H,10-12,17-28,63H2,1-5H3,(H2,64,78)(H,65,86)(H,66,85)(H,67,87)(H,68,92)(H,69,79)(H,70,82)(H,71,83)(H,72,84)(H,80,81)(H,90,91)/t31?,32?,33-,39+,40-,42+,43+,44?,45-,46+,51+,52?/m1/s1. The fourth-order valence-electron chi connectivity index (χ4n) is 11.9. The molecule has 3 saturated heterocycles. The van der Waals surface area contributed by atoms with E-state index in [1.165, 1.54) is 18.7 Å². The second kappa shape index (κ2) is 33.6. The summed E-state index contributed by atoms with van der Waals surface area (Å²) in [7, 11) is 0. The molecule has 2 aromatic rings. The van der Waals surface area contributed by atoms with Crippen LogP contribution in [-0.2, 0) is 81.4 Å². The van der Waals surface area contributed by atoms with Gasteiger partial charge in [-0.05, 0) is 74.1 Å². The number of carboxylic acid groups (broad SMARTS) is 2. The number of nitrogens with zero attached hydrogens (tertiary/aromatic N) is 2. The molecule has 2 aromatic carbocycles. The number of piperidine rings is 1. The van der Waals surface area contributed by atoms with Gasteiger partial charge in [-0.2, -0.15) is 0 Å². The zero-order chi connectivity index (χ0) is 69.2. The van der Waals surface area contributed by atoms with Crippen molar-refractivity contribution >= 4 is 95.1 Å². The van der Waals surface area contributed by atoms with Gasteiger partial charge in [0.1, 0.15) is 43.4 Å². The Morgan fingerprint density at radius 2 is 1.29 bits per heavy atom. The average molecular weight is 1320 g/mol. The van der Waals surface area contributed by atoms with Crippen LogP contribution in [-0.4, -0.2) is 209 Å². The molecule has 0 aromatic heterocycles. The van der Waals surface area contributed by atoms with Gasteiger partial charge in [-0.15, -0.1) is 0 Å². The number of carbonyl (C=O) groups is 16. The summed E-state index contributed by atoms with van der Waals surface area (Å²) in [6, 6.07) is 1.09. The van der Waals surface area contributed by atoms with Gasteiger partial charge in [0.25, 0.3) is 6.47 Å². The zero-order valence-electron chi connectivity index (χ0n) is 52.7. The number of fused-ring (bicyclic) bond motifs is 5. The van der Waals surface area contributed by atoms with Gasteiger partial charge in [-0.3, -0.25) is 71.9 Å². The highest BCUT2D eigenvalue weighted by atomic mass is 16.5. The van der Waals surface area contributed by atoms with Crippen molar-refractivity contribution in [3.05, 3.63) is 59.7 Å². The highest BCUT2D eigenvalue weighted by Crippen LogP contribution is 2.44. The lowest BCUT2D eigenvalue weighted by atomic mass is 9.84. The van der Waals surface area contributed by atoms with E-state index in [4.69, 9.17) is 20.9 Å². The molecule has 14 N–H and O–H groups in total. The van der Waals surface area contributed by atoms with E-state index >= 15 is 0 Å². The summed E-state index contributed by atoms with van der Waals surface area (Å²) in [6.07, 6.45) is -3.71. The van der Waals surface area contributed by atoms with Crippen molar-refractivity contribution in [1.29, 1.82) is 0 Å². The van der Waals surface area contributed by atoms with Crippen LogP contribution in [0.3, 0.4) is 0 Å². The van der Waals surface area contributed by atoms with Gasteiger partial charge < -0.3 is 83.5 Å². The maximum atomic E-state index is 15.0. The third-order valence-electron chi connectivity index (χ3n) is 17.1. The second-order valence-electron chi connectivity index (χ2n) is 24.2. The first-order valence-corrected chi connectivity index (χ1v) is 30.9. The molecular formula is C62H82N12O20. The van der Waals surface area contributed by atoms with Crippen LogP contribution in [0.15, 0.2) is 48.5 Å². The fourth-order valence-corrected chi connectivity index (χ4v) is 11.9. The van der Waals surface area contributed by atoms with Crippen LogP contribution in [0.1, 0.15) is 109 Å². The van der Waals surface area contributed by atoms with Gasteiger partial charge in [0.05, 0.1) is 61.8 Å². The minimum atomic E-state index is -2.05. The van der Waals surface area contributed by atoms with Crippen molar-refractivity contribution in [3.8, 4) is 11.1 Å². The largest absolute Gasteiger partial charge is 0.481 e. The number of aliphatic carboxylic acids is 2. The number of amides is 11. The summed E-state index contributed by atoms with van der Waals surface area (Å²) < 4.78 is 10.5. The molecule has 0 radical (unpaired) electrons. The van der Waals surface area contributed by atoms with Crippen molar-refractivity contribution < 1.29 is 96.4 Å². The van der Waals surface area contributed by atoms with Crippen molar-refractivity contribution in [2.45, 2.75) is 153 Å². The number of primary amides is 1. The Hall–Kier alpha value is -9.88. The van der Waals surface area contributed by atoms with Crippen molar-refractivity contribution in [2.24, 2.45) is 35.1 Å². The number of ether oxygens (including phenoxy) is 2. The summed E-state index contributed by atoms with van der Waals surface area (Å²) in [5, 5.41) is 39.1. The number of carbonyl (C=O) groups excluding carboxylic acids is 14. The first-order valence-electron chi connectivity index (χ1n) is 30.9. The van der Waals surface area contributed by atoms with E-state index < -0.39 is 212 Å². The molecule has 32 nitrogen and oxygen atoms in total. The minimum absolute atomic E-state index is 0.0315. The Bertz CT molecular complexity index is 3210. The summed E-state index contributed by atoms with van der Waals surface area (Å²) in [5.41, 5.74) is 15.0. The number of nitrogens with one attached hydrogen (secondary N) is 8. The van der Waals surface area contributed by atoms with Crippen molar-refractivity contribution in [2.75, 3.05) is 39.4 Å². The average Bonchev–Trinajstić information content (AvgIpc) is 1.65. The van der Waals surface area contributed by atoms with Gasteiger partial charge in [-0.25, -0.2) is 4.79 Å². The topological polar surface area (TPSA) is 487 Å². The first-order chi connectivity index (χ1) is 44.5. The molecule has 3 heterocycles. The van der Waals surface area contributed by atoms with Crippen LogP contribution in [0, 0.1) is 23.7 Å². The molecule has 32 heteroatoms. The summed E-state index contributed by atoms with van der Waals surface area (Å²) in [5.74, 6) is -21.8. The van der Waals surface area contributed by atoms with E-state index in [0.717, 1.165) is 34.1 Å².